The van der Waals surface area contributed by atoms with Crippen LogP contribution in [0.3, 0.4) is 0 Å². The molecular formula is C11H15Cl2NS3. The number of rotatable bonds is 4. The van der Waals surface area contributed by atoms with Crippen molar-refractivity contribution < 1.29 is 0 Å². The van der Waals surface area contributed by atoms with E-state index in [0.29, 0.717) is 0 Å². The predicted molar refractivity (Wildman–Crippen MR) is 84.3 cm³/mol. The van der Waals surface area contributed by atoms with Crippen LogP contribution in [-0.2, 0) is 0 Å². The molecule has 1 aliphatic rings. The maximum absolute atomic E-state index is 6.15. The predicted octanol–water partition coefficient (Wildman–Crippen LogP) is 4.55. The first-order valence-electron chi connectivity index (χ1n) is 5.54. The van der Waals surface area contributed by atoms with Gasteiger partial charge in [0.05, 0.1) is 8.67 Å². The van der Waals surface area contributed by atoms with E-state index in [4.69, 9.17) is 23.2 Å². The quantitative estimate of drug-likeness (QED) is 0.870. The van der Waals surface area contributed by atoms with Crippen LogP contribution >= 0.6 is 58.1 Å². The maximum atomic E-state index is 6.15. The highest BCUT2D eigenvalue weighted by Gasteiger charge is 2.17. The van der Waals surface area contributed by atoms with Crippen LogP contribution in [0.2, 0.25) is 8.67 Å². The molecule has 2 heterocycles. The third-order valence-corrected chi connectivity index (χ3v) is 7.05. The Hall–Kier alpha value is 0.940. The lowest BCUT2D eigenvalue weighted by molar-refractivity contribution is 0.578. The lowest BCUT2D eigenvalue weighted by Gasteiger charge is -2.23. The summed E-state index contributed by atoms with van der Waals surface area (Å²) in [4.78, 5) is 0. The first-order valence-corrected chi connectivity index (χ1v) is 9.32. The summed E-state index contributed by atoms with van der Waals surface area (Å²) in [5, 5.41) is 4.28. The van der Waals surface area contributed by atoms with E-state index in [2.05, 4.69) is 35.8 Å². The number of thioether (sulfide) groups is 2. The summed E-state index contributed by atoms with van der Waals surface area (Å²) in [5.74, 6) is 3.82. The van der Waals surface area contributed by atoms with Crippen molar-refractivity contribution in [2.45, 2.75) is 18.2 Å². The van der Waals surface area contributed by atoms with Crippen molar-refractivity contribution in [1.82, 2.24) is 5.32 Å². The van der Waals surface area contributed by atoms with E-state index in [-0.39, 0.29) is 6.04 Å². The first-order chi connectivity index (χ1) is 8.16. The summed E-state index contributed by atoms with van der Waals surface area (Å²) < 4.78 is 1.57. The second kappa shape index (κ2) is 6.92. The minimum atomic E-state index is 0.277. The molecule has 1 fully saturated rings. The van der Waals surface area contributed by atoms with Gasteiger partial charge in [0.15, 0.2) is 0 Å². The minimum Gasteiger partial charge on any atom is -0.309 e. The van der Waals surface area contributed by atoms with Crippen molar-refractivity contribution in [3.05, 3.63) is 20.3 Å². The molecule has 1 N–H and O–H groups in total. The van der Waals surface area contributed by atoms with E-state index in [9.17, 15) is 0 Å². The van der Waals surface area contributed by atoms with Gasteiger partial charge in [0.1, 0.15) is 0 Å². The smallest absolute Gasteiger partial charge is 0.0991 e. The number of nitrogens with one attached hydrogen (secondary N) is 1. The number of hydrogen-bond acceptors (Lipinski definition) is 4. The topological polar surface area (TPSA) is 12.0 Å². The van der Waals surface area contributed by atoms with E-state index in [1.807, 2.05) is 6.07 Å². The monoisotopic (exact) mass is 327 g/mol. The lowest BCUT2D eigenvalue weighted by atomic mass is 10.2. The molecule has 1 aromatic heterocycles. The van der Waals surface area contributed by atoms with E-state index in [1.54, 1.807) is 0 Å². The molecule has 96 valence electrons. The Bertz CT molecular complexity index is 364. The van der Waals surface area contributed by atoms with Crippen LogP contribution in [0, 0.1) is 0 Å². The van der Waals surface area contributed by atoms with Crippen LogP contribution in [0.15, 0.2) is 6.07 Å². The van der Waals surface area contributed by atoms with Gasteiger partial charge in [0.25, 0.3) is 0 Å². The molecular weight excluding hydrogens is 313 g/mol. The van der Waals surface area contributed by atoms with Crippen molar-refractivity contribution in [2.24, 2.45) is 0 Å². The molecule has 1 aliphatic heterocycles. The third kappa shape index (κ3) is 4.22. The molecule has 2 atom stereocenters. The maximum Gasteiger partial charge on any atom is 0.0991 e. The summed E-state index contributed by atoms with van der Waals surface area (Å²) in [7, 11) is 0. The molecule has 0 aromatic carbocycles. The van der Waals surface area contributed by atoms with Gasteiger partial charge in [-0.2, -0.15) is 23.5 Å². The van der Waals surface area contributed by atoms with E-state index in [1.165, 1.54) is 28.6 Å². The second-order valence-corrected chi connectivity index (χ2v) is 8.82. The highest BCUT2D eigenvalue weighted by molar-refractivity contribution is 8.06. The van der Waals surface area contributed by atoms with Gasteiger partial charge in [0, 0.05) is 35.1 Å². The van der Waals surface area contributed by atoms with Gasteiger partial charge in [-0.15, -0.1) is 11.3 Å². The van der Waals surface area contributed by atoms with Crippen LogP contribution in [0.25, 0.3) is 0 Å². The summed E-state index contributed by atoms with van der Waals surface area (Å²) in [5.41, 5.74) is 1.12. The lowest BCUT2D eigenvalue weighted by Crippen LogP contribution is -2.30. The Labute approximate surface area is 125 Å². The van der Waals surface area contributed by atoms with Gasteiger partial charge in [-0.3, -0.25) is 0 Å². The molecule has 1 saturated heterocycles. The van der Waals surface area contributed by atoms with E-state index >= 15 is 0 Å². The van der Waals surface area contributed by atoms with Crippen molar-refractivity contribution in [3.8, 4) is 0 Å². The molecule has 0 bridgehead atoms. The largest absolute Gasteiger partial charge is 0.309 e. The zero-order chi connectivity index (χ0) is 12.3. The molecule has 0 amide bonds. The van der Waals surface area contributed by atoms with Gasteiger partial charge in [-0.1, -0.05) is 23.2 Å². The third-order valence-electron chi connectivity index (χ3n) is 2.69. The molecule has 0 saturated carbocycles. The Morgan fingerprint density at radius 2 is 2.29 bits per heavy atom. The number of hydrogen-bond donors (Lipinski definition) is 1. The number of thiophene rings is 1. The second-order valence-electron chi connectivity index (χ2n) is 3.98. The number of halogens is 2. The average molecular weight is 328 g/mol. The molecule has 0 spiro atoms. The van der Waals surface area contributed by atoms with E-state index < -0.39 is 0 Å². The van der Waals surface area contributed by atoms with Crippen molar-refractivity contribution in [2.75, 3.05) is 23.8 Å². The molecule has 2 unspecified atom stereocenters. The summed E-state index contributed by atoms with van der Waals surface area (Å²) in [6.45, 7) is 3.19. The summed E-state index contributed by atoms with van der Waals surface area (Å²) >= 11 is 17.7. The normalized spacial score (nSPS) is 22.6. The van der Waals surface area contributed by atoms with Crippen molar-refractivity contribution in [3.63, 3.8) is 0 Å². The SMILES string of the molecule is CC(NCC1CSCCS1)c1cc(Cl)sc1Cl. The fourth-order valence-corrected chi connectivity index (χ4v) is 5.99. The Morgan fingerprint density at radius 3 is 2.88 bits per heavy atom. The van der Waals surface area contributed by atoms with Crippen LogP contribution in [0.1, 0.15) is 18.5 Å². The van der Waals surface area contributed by atoms with Crippen molar-refractivity contribution in [1.29, 1.82) is 0 Å². The van der Waals surface area contributed by atoms with E-state index in [0.717, 1.165) is 26.0 Å². The molecule has 1 nitrogen and oxygen atoms in total. The fraction of sp³-hybridized carbons (Fsp3) is 0.636. The minimum absolute atomic E-state index is 0.277. The van der Waals surface area contributed by atoms with Crippen LogP contribution in [-0.4, -0.2) is 29.1 Å². The standard InChI is InChI=1S/C11H15Cl2NS3/c1-7(9-4-10(12)17-11(9)13)14-5-8-6-15-2-3-16-8/h4,7-8,14H,2-3,5-6H2,1H3. The van der Waals surface area contributed by atoms with Crippen LogP contribution in [0.4, 0.5) is 0 Å². The zero-order valence-corrected chi connectivity index (χ0v) is 13.5. The Kier molecular flexibility index (Phi) is 5.84. The van der Waals surface area contributed by atoms with Gasteiger partial charge in [-0.05, 0) is 18.6 Å². The highest BCUT2D eigenvalue weighted by atomic mass is 35.5. The van der Waals surface area contributed by atoms with Gasteiger partial charge < -0.3 is 5.32 Å². The molecule has 17 heavy (non-hydrogen) atoms. The summed E-state index contributed by atoms with van der Waals surface area (Å²) in [6, 6.07) is 2.24. The summed E-state index contributed by atoms with van der Waals surface area (Å²) in [6.07, 6.45) is 0. The molecule has 0 aliphatic carbocycles. The molecule has 6 heteroatoms. The molecule has 1 aromatic rings. The first kappa shape index (κ1) is 14.4. The van der Waals surface area contributed by atoms with Crippen LogP contribution in [0.5, 0.6) is 0 Å². The molecule has 2 rings (SSSR count). The van der Waals surface area contributed by atoms with Crippen molar-refractivity contribution >= 4 is 58.1 Å². The Balaban J connectivity index is 1.84. The zero-order valence-electron chi connectivity index (χ0n) is 9.54. The van der Waals surface area contributed by atoms with Gasteiger partial charge in [0.2, 0.25) is 0 Å². The molecule has 0 radical (unpaired) electrons. The van der Waals surface area contributed by atoms with Gasteiger partial charge >= 0.3 is 0 Å². The Morgan fingerprint density at radius 1 is 1.47 bits per heavy atom. The average Bonchev–Trinajstić information content (AvgIpc) is 2.67. The van der Waals surface area contributed by atoms with Gasteiger partial charge in [-0.25, -0.2) is 0 Å². The highest BCUT2D eigenvalue weighted by Crippen LogP contribution is 2.35. The fourth-order valence-electron chi connectivity index (χ4n) is 1.72. The van der Waals surface area contributed by atoms with Crippen LogP contribution < -0.4 is 5.32 Å².